The van der Waals surface area contributed by atoms with Crippen LogP contribution in [0.2, 0.25) is 0 Å². The third-order valence-corrected chi connectivity index (χ3v) is 4.00. The van der Waals surface area contributed by atoms with Crippen LogP contribution in [0.3, 0.4) is 0 Å². The molecule has 0 atom stereocenters. The molecule has 3 aromatic rings. The second-order valence-electron chi connectivity index (χ2n) is 5.80. The van der Waals surface area contributed by atoms with E-state index in [1.165, 1.54) is 21.3 Å². The number of benzene rings is 2. The zero-order chi connectivity index (χ0) is 20.1. The predicted molar refractivity (Wildman–Crippen MR) is 104 cm³/mol. The molecule has 0 saturated carbocycles. The van der Waals surface area contributed by atoms with Gasteiger partial charge in [0.15, 0.2) is 0 Å². The topological polar surface area (TPSA) is 99.0 Å². The number of amides is 2. The van der Waals surface area contributed by atoms with Crippen LogP contribution in [-0.2, 0) is 9.53 Å². The summed E-state index contributed by atoms with van der Waals surface area (Å²) < 4.78 is 21.0. The lowest BCUT2D eigenvalue weighted by molar-refractivity contribution is -0.119. The predicted octanol–water partition coefficient (Wildman–Crippen LogP) is 3.29. The van der Waals surface area contributed by atoms with E-state index in [4.69, 9.17) is 18.6 Å². The largest absolute Gasteiger partial charge is 0.497 e. The highest BCUT2D eigenvalue weighted by Crippen LogP contribution is 2.33. The van der Waals surface area contributed by atoms with Gasteiger partial charge in [-0.1, -0.05) is 12.1 Å². The molecular formula is C20H20N2O6. The van der Waals surface area contributed by atoms with Crippen LogP contribution in [0.1, 0.15) is 10.6 Å². The number of anilines is 2. The van der Waals surface area contributed by atoms with E-state index >= 15 is 0 Å². The van der Waals surface area contributed by atoms with Crippen molar-refractivity contribution in [2.45, 2.75) is 0 Å². The van der Waals surface area contributed by atoms with E-state index in [2.05, 4.69) is 10.6 Å². The molecule has 8 heteroatoms. The van der Waals surface area contributed by atoms with Gasteiger partial charge in [-0.05, 0) is 24.3 Å². The van der Waals surface area contributed by atoms with Gasteiger partial charge < -0.3 is 29.3 Å². The van der Waals surface area contributed by atoms with Crippen molar-refractivity contribution in [2.75, 3.05) is 38.6 Å². The van der Waals surface area contributed by atoms with E-state index in [0.717, 1.165) is 0 Å². The average molecular weight is 384 g/mol. The van der Waals surface area contributed by atoms with E-state index in [1.807, 2.05) is 0 Å². The minimum absolute atomic E-state index is 0.0245. The first kappa shape index (κ1) is 19.2. The molecule has 2 N–H and O–H groups in total. The van der Waals surface area contributed by atoms with Crippen molar-refractivity contribution in [2.24, 2.45) is 0 Å². The summed E-state index contributed by atoms with van der Waals surface area (Å²) in [6.07, 6.45) is 0. The number of fused-ring (bicyclic) bond motifs is 1. The summed E-state index contributed by atoms with van der Waals surface area (Å²) in [6, 6.07) is 12.0. The molecule has 8 nitrogen and oxygen atoms in total. The third kappa shape index (κ3) is 3.91. The molecule has 0 aliphatic heterocycles. The van der Waals surface area contributed by atoms with Crippen molar-refractivity contribution in [3.05, 3.63) is 48.2 Å². The van der Waals surface area contributed by atoms with E-state index in [9.17, 15) is 9.59 Å². The standard InChI is InChI=1S/C20H20N2O6/c1-25-11-17(23)22-18-13-6-4-5-7-15(13)28-19(18)20(24)21-14-9-8-12(26-2)10-16(14)27-3/h4-10H,11H2,1-3H3,(H,21,24)(H,22,23). The van der Waals surface area contributed by atoms with E-state index in [1.54, 1.807) is 42.5 Å². The minimum atomic E-state index is -0.535. The smallest absolute Gasteiger partial charge is 0.293 e. The lowest BCUT2D eigenvalue weighted by Crippen LogP contribution is -2.20. The van der Waals surface area contributed by atoms with Crippen molar-refractivity contribution >= 4 is 34.2 Å². The third-order valence-electron chi connectivity index (χ3n) is 4.00. The normalized spacial score (nSPS) is 10.5. The molecular weight excluding hydrogens is 364 g/mol. The fourth-order valence-electron chi connectivity index (χ4n) is 2.72. The summed E-state index contributed by atoms with van der Waals surface area (Å²) in [7, 11) is 4.44. The second kappa shape index (κ2) is 8.45. The maximum atomic E-state index is 12.9. The monoisotopic (exact) mass is 384 g/mol. The van der Waals surface area contributed by atoms with Crippen LogP contribution in [0.4, 0.5) is 11.4 Å². The van der Waals surface area contributed by atoms with Gasteiger partial charge in [0.05, 0.1) is 19.9 Å². The van der Waals surface area contributed by atoms with Gasteiger partial charge in [0.2, 0.25) is 11.7 Å². The van der Waals surface area contributed by atoms with Crippen LogP contribution in [0.15, 0.2) is 46.9 Å². The summed E-state index contributed by atoms with van der Waals surface area (Å²) >= 11 is 0. The summed E-state index contributed by atoms with van der Waals surface area (Å²) in [6.45, 7) is -0.146. The molecule has 0 aliphatic rings. The highest BCUT2D eigenvalue weighted by atomic mass is 16.5. The summed E-state index contributed by atoms with van der Waals surface area (Å²) in [5.41, 5.74) is 1.19. The summed E-state index contributed by atoms with van der Waals surface area (Å²) in [5, 5.41) is 6.03. The molecule has 0 spiro atoms. The Balaban J connectivity index is 1.96. The Kier molecular flexibility index (Phi) is 5.81. The van der Waals surface area contributed by atoms with Crippen LogP contribution in [-0.4, -0.2) is 39.8 Å². The van der Waals surface area contributed by atoms with Crippen molar-refractivity contribution in [3.8, 4) is 11.5 Å². The molecule has 0 saturated heterocycles. The number of methoxy groups -OCH3 is 3. The first-order valence-electron chi connectivity index (χ1n) is 8.41. The molecule has 28 heavy (non-hydrogen) atoms. The molecule has 1 aromatic heterocycles. The number of hydrogen-bond acceptors (Lipinski definition) is 6. The Morgan fingerprint density at radius 1 is 1.00 bits per heavy atom. The summed E-state index contributed by atoms with van der Waals surface area (Å²) in [5.74, 6) is 0.0564. The Labute approximate surface area is 161 Å². The van der Waals surface area contributed by atoms with Gasteiger partial charge in [0, 0.05) is 18.6 Å². The van der Waals surface area contributed by atoms with Crippen molar-refractivity contribution in [3.63, 3.8) is 0 Å². The number of hydrogen-bond donors (Lipinski definition) is 2. The summed E-state index contributed by atoms with van der Waals surface area (Å²) in [4.78, 5) is 24.9. The second-order valence-corrected chi connectivity index (χ2v) is 5.80. The molecule has 0 bridgehead atoms. The van der Waals surface area contributed by atoms with Gasteiger partial charge >= 0.3 is 0 Å². The van der Waals surface area contributed by atoms with Crippen molar-refractivity contribution in [1.29, 1.82) is 0 Å². The fraction of sp³-hybridized carbons (Fsp3) is 0.200. The number of ether oxygens (including phenoxy) is 3. The molecule has 0 unspecified atom stereocenters. The Morgan fingerprint density at radius 2 is 1.79 bits per heavy atom. The Bertz CT molecular complexity index is 1010. The molecule has 2 aromatic carbocycles. The van der Waals surface area contributed by atoms with Crippen LogP contribution >= 0.6 is 0 Å². The molecule has 146 valence electrons. The van der Waals surface area contributed by atoms with E-state index in [0.29, 0.717) is 28.2 Å². The lowest BCUT2D eigenvalue weighted by Gasteiger charge is -2.11. The Hall–Kier alpha value is -3.52. The number of carbonyl (C=O) groups is 2. The number of rotatable bonds is 7. The van der Waals surface area contributed by atoms with Gasteiger partial charge in [-0.25, -0.2) is 0 Å². The molecule has 3 rings (SSSR count). The van der Waals surface area contributed by atoms with Crippen LogP contribution in [0.5, 0.6) is 11.5 Å². The number of furan rings is 1. The number of para-hydroxylation sites is 1. The van der Waals surface area contributed by atoms with E-state index < -0.39 is 11.8 Å². The van der Waals surface area contributed by atoms with E-state index in [-0.39, 0.29) is 18.1 Å². The first-order chi connectivity index (χ1) is 13.6. The fourth-order valence-corrected chi connectivity index (χ4v) is 2.72. The zero-order valence-corrected chi connectivity index (χ0v) is 15.7. The van der Waals surface area contributed by atoms with Gasteiger partial charge in [0.25, 0.3) is 5.91 Å². The van der Waals surface area contributed by atoms with Gasteiger partial charge in [-0.15, -0.1) is 0 Å². The molecule has 1 heterocycles. The van der Waals surface area contributed by atoms with Crippen molar-refractivity contribution in [1.82, 2.24) is 0 Å². The molecule has 0 aliphatic carbocycles. The Morgan fingerprint density at radius 3 is 2.50 bits per heavy atom. The minimum Gasteiger partial charge on any atom is -0.497 e. The molecule has 0 fully saturated rings. The average Bonchev–Trinajstić information content (AvgIpc) is 3.07. The maximum Gasteiger partial charge on any atom is 0.293 e. The molecule has 0 radical (unpaired) electrons. The van der Waals surface area contributed by atoms with Gasteiger partial charge in [-0.3, -0.25) is 9.59 Å². The van der Waals surface area contributed by atoms with Gasteiger partial charge in [-0.2, -0.15) is 0 Å². The van der Waals surface area contributed by atoms with Crippen LogP contribution in [0.25, 0.3) is 11.0 Å². The lowest BCUT2D eigenvalue weighted by atomic mass is 10.2. The molecule has 2 amide bonds. The SMILES string of the molecule is COCC(=O)Nc1c(C(=O)Nc2ccc(OC)cc2OC)oc2ccccc12. The van der Waals surface area contributed by atoms with Crippen molar-refractivity contribution < 1.29 is 28.2 Å². The van der Waals surface area contributed by atoms with Gasteiger partial charge in [0.1, 0.15) is 29.4 Å². The maximum absolute atomic E-state index is 12.9. The highest BCUT2D eigenvalue weighted by molar-refractivity contribution is 6.14. The first-order valence-corrected chi connectivity index (χ1v) is 8.41. The zero-order valence-electron chi connectivity index (χ0n) is 15.7. The highest BCUT2D eigenvalue weighted by Gasteiger charge is 2.23. The quantitative estimate of drug-likeness (QED) is 0.649. The van der Waals surface area contributed by atoms with Crippen LogP contribution < -0.4 is 20.1 Å². The number of carbonyl (C=O) groups excluding carboxylic acids is 2. The van der Waals surface area contributed by atoms with Crippen LogP contribution in [0, 0.1) is 0 Å². The number of nitrogens with one attached hydrogen (secondary N) is 2.